The van der Waals surface area contributed by atoms with Crippen LogP contribution in [0.4, 0.5) is 0 Å². The van der Waals surface area contributed by atoms with E-state index in [-0.39, 0.29) is 23.5 Å². The number of rotatable bonds is 1. The molecule has 1 amide bonds. The summed E-state index contributed by atoms with van der Waals surface area (Å²) in [7, 11) is 0. The average molecular weight is 304 g/mol. The quantitative estimate of drug-likeness (QED) is 0.859. The normalized spacial score (nSPS) is 30.0. The number of hydrogen-bond donors (Lipinski definition) is 1. The van der Waals surface area contributed by atoms with Crippen molar-refractivity contribution in [3.63, 3.8) is 0 Å². The molecule has 0 aromatic heterocycles. The molecule has 0 bridgehead atoms. The highest BCUT2D eigenvalue weighted by Gasteiger charge is 2.41. The number of carbonyl (C=O) groups is 1. The van der Waals surface area contributed by atoms with Crippen molar-refractivity contribution in [3.05, 3.63) is 24.3 Å². The maximum Gasteiger partial charge on any atom is 0.267 e. The molecule has 0 spiro atoms. The number of piperidine rings is 1. The molecule has 0 saturated carbocycles. The monoisotopic (exact) mass is 304 g/mol. The molecule has 1 aromatic carbocycles. The first-order chi connectivity index (χ1) is 10.4. The number of amides is 1. The molecule has 3 atom stereocenters. The fourth-order valence-corrected chi connectivity index (χ4v) is 3.13. The van der Waals surface area contributed by atoms with E-state index in [1.54, 1.807) is 0 Å². The van der Waals surface area contributed by atoms with E-state index in [4.69, 9.17) is 15.2 Å². The van der Waals surface area contributed by atoms with E-state index in [2.05, 4.69) is 13.8 Å². The Hall–Kier alpha value is -1.75. The fraction of sp³-hybridized carbons (Fsp3) is 0.588. The highest BCUT2D eigenvalue weighted by atomic mass is 16.6. The third-order valence-corrected chi connectivity index (χ3v) is 4.71. The van der Waals surface area contributed by atoms with Crippen LogP contribution in [0.3, 0.4) is 0 Å². The van der Waals surface area contributed by atoms with Crippen LogP contribution in [0.2, 0.25) is 0 Å². The first-order valence-electron chi connectivity index (χ1n) is 7.85. The van der Waals surface area contributed by atoms with Crippen LogP contribution >= 0.6 is 0 Å². The Kier molecular flexibility index (Phi) is 3.77. The van der Waals surface area contributed by atoms with Gasteiger partial charge in [-0.05, 0) is 30.9 Å². The zero-order valence-electron chi connectivity index (χ0n) is 13.4. The lowest BCUT2D eigenvalue weighted by Gasteiger charge is -2.44. The van der Waals surface area contributed by atoms with Crippen molar-refractivity contribution in [2.24, 2.45) is 11.1 Å². The van der Waals surface area contributed by atoms with Gasteiger partial charge in [-0.1, -0.05) is 26.0 Å². The Labute approximate surface area is 131 Å². The summed E-state index contributed by atoms with van der Waals surface area (Å²) < 4.78 is 11.7. The SMILES string of the molecule is CC1Oc2ccccc2OC1C(=O)N1CCC(N)C(C)(C)C1. The molecule has 0 aliphatic carbocycles. The van der Waals surface area contributed by atoms with Gasteiger partial charge in [0.15, 0.2) is 11.5 Å². The first kappa shape index (κ1) is 15.2. The Morgan fingerprint density at radius 3 is 2.55 bits per heavy atom. The summed E-state index contributed by atoms with van der Waals surface area (Å²) in [6, 6.07) is 7.58. The summed E-state index contributed by atoms with van der Waals surface area (Å²) in [6.45, 7) is 7.42. The number of likely N-dealkylation sites (tertiary alicyclic amines) is 1. The molecular weight excluding hydrogens is 280 g/mol. The van der Waals surface area contributed by atoms with Gasteiger partial charge >= 0.3 is 0 Å². The Bertz CT molecular complexity index is 573. The van der Waals surface area contributed by atoms with Crippen LogP contribution in [0.1, 0.15) is 27.2 Å². The second-order valence-corrected chi connectivity index (χ2v) is 6.95. The number of ether oxygens (including phenoxy) is 2. The van der Waals surface area contributed by atoms with Crippen molar-refractivity contribution in [1.29, 1.82) is 0 Å². The third kappa shape index (κ3) is 2.65. The Morgan fingerprint density at radius 2 is 1.91 bits per heavy atom. The molecule has 2 N–H and O–H groups in total. The molecule has 3 rings (SSSR count). The summed E-state index contributed by atoms with van der Waals surface area (Å²) in [5, 5.41) is 0. The van der Waals surface area contributed by atoms with Gasteiger partial charge in [0.05, 0.1) is 0 Å². The predicted molar refractivity (Wildman–Crippen MR) is 83.9 cm³/mol. The van der Waals surface area contributed by atoms with Gasteiger partial charge in [-0.3, -0.25) is 4.79 Å². The molecule has 2 aliphatic heterocycles. The number of carbonyl (C=O) groups excluding carboxylic acids is 1. The number of fused-ring (bicyclic) bond motifs is 1. The summed E-state index contributed by atoms with van der Waals surface area (Å²) in [5.41, 5.74) is 6.07. The molecule has 1 fully saturated rings. The number of nitrogens with two attached hydrogens (primary N) is 1. The zero-order valence-corrected chi connectivity index (χ0v) is 13.4. The number of benzene rings is 1. The van der Waals surface area contributed by atoms with Gasteiger partial charge in [0.1, 0.15) is 6.10 Å². The van der Waals surface area contributed by atoms with Crippen LogP contribution in [0, 0.1) is 5.41 Å². The van der Waals surface area contributed by atoms with Crippen molar-refractivity contribution in [2.45, 2.75) is 45.4 Å². The molecule has 5 heteroatoms. The number of hydrogen-bond acceptors (Lipinski definition) is 4. The van der Waals surface area contributed by atoms with Crippen LogP contribution in [-0.2, 0) is 4.79 Å². The van der Waals surface area contributed by atoms with Crippen molar-refractivity contribution in [2.75, 3.05) is 13.1 Å². The van der Waals surface area contributed by atoms with Gasteiger partial charge in [0.25, 0.3) is 5.91 Å². The van der Waals surface area contributed by atoms with E-state index in [9.17, 15) is 4.79 Å². The van der Waals surface area contributed by atoms with Gasteiger partial charge in [0, 0.05) is 19.1 Å². The molecule has 2 heterocycles. The molecule has 1 saturated heterocycles. The lowest BCUT2D eigenvalue weighted by Crippen LogP contribution is -2.58. The van der Waals surface area contributed by atoms with E-state index in [1.807, 2.05) is 36.1 Å². The van der Waals surface area contributed by atoms with E-state index >= 15 is 0 Å². The predicted octanol–water partition coefficient (Wildman–Crippen LogP) is 1.80. The Balaban J connectivity index is 1.76. The van der Waals surface area contributed by atoms with Gasteiger partial charge in [-0.15, -0.1) is 0 Å². The topological polar surface area (TPSA) is 64.8 Å². The first-order valence-corrected chi connectivity index (χ1v) is 7.85. The molecule has 3 unspecified atom stereocenters. The van der Waals surface area contributed by atoms with Crippen molar-refractivity contribution in [1.82, 2.24) is 4.90 Å². The van der Waals surface area contributed by atoms with Crippen LogP contribution in [0.15, 0.2) is 24.3 Å². The van der Waals surface area contributed by atoms with Crippen molar-refractivity contribution in [3.8, 4) is 11.5 Å². The summed E-state index contributed by atoms with van der Waals surface area (Å²) in [4.78, 5) is 14.7. The second-order valence-electron chi connectivity index (χ2n) is 6.95. The average Bonchev–Trinajstić information content (AvgIpc) is 2.48. The highest BCUT2D eigenvalue weighted by Crippen LogP contribution is 2.35. The van der Waals surface area contributed by atoms with E-state index in [0.29, 0.717) is 24.6 Å². The maximum absolute atomic E-state index is 12.8. The van der Waals surface area contributed by atoms with Crippen LogP contribution in [-0.4, -0.2) is 42.1 Å². The lowest BCUT2D eigenvalue weighted by atomic mass is 9.79. The van der Waals surface area contributed by atoms with E-state index < -0.39 is 6.10 Å². The molecule has 5 nitrogen and oxygen atoms in total. The lowest BCUT2D eigenvalue weighted by molar-refractivity contribution is -0.147. The molecule has 22 heavy (non-hydrogen) atoms. The highest BCUT2D eigenvalue weighted by molar-refractivity contribution is 5.82. The fourth-order valence-electron chi connectivity index (χ4n) is 3.13. The summed E-state index contributed by atoms with van der Waals surface area (Å²) >= 11 is 0. The summed E-state index contributed by atoms with van der Waals surface area (Å²) in [5.74, 6) is 1.31. The zero-order chi connectivity index (χ0) is 15.9. The molecule has 120 valence electrons. The van der Waals surface area contributed by atoms with Crippen LogP contribution < -0.4 is 15.2 Å². The molecule has 0 radical (unpaired) electrons. The second kappa shape index (κ2) is 5.47. The van der Waals surface area contributed by atoms with Crippen molar-refractivity contribution >= 4 is 5.91 Å². The van der Waals surface area contributed by atoms with Gasteiger partial charge in [0.2, 0.25) is 6.10 Å². The molecule has 2 aliphatic rings. The largest absolute Gasteiger partial charge is 0.482 e. The van der Waals surface area contributed by atoms with Gasteiger partial charge in [-0.2, -0.15) is 0 Å². The minimum atomic E-state index is -0.597. The number of nitrogens with zero attached hydrogens (tertiary/aromatic N) is 1. The minimum Gasteiger partial charge on any atom is -0.482 e. The maximum atomic E-state index is 12.8. The number of para-hydroxylation sites is 2. The smallest absolute Gasteiger partial charge is 0.267 e. The summed E-state index contributed by atoms with van der Waals surface area (Å²) in [6.07, 6.45) is -0.0850. The van der Waals surface area contributed by atoms with Gasteiger partial charge in [-0.25, -0.2) is 0 Å². The minimum absolute atomic E-state index is 0.0121. The molecule has 1 aromatic rings. The third-order valence-electron chi connectivity index (χ3n) is 4.71. The van der Waals surface area contributed by atoms with E-state index in [0.717, 1.165) is 6.42 Å². The molecular formula is C17H24N2O3. The van der Waals surface area contributed by atoms with Crippen LogP contribution in [0.25, 0.3) is 0 Å². The Morgan fingerprint density at radius 1 is 1.27 bits per heavy atom. The van der Waals surface area contributed by atoms with Gasteiger partial charge < -0.3 is 20.1 Å². The van der Waals surface area contributed by atoms with Crippen molar-refractivity contribution < 1.29 is 14.3 Å². The van der Waals surface area contributed by atoms with Crippen LogP contribution in [0.5, 0.6) is 11.5 Å². The van der Waals surface area contributed by atoms with E-state index in [1.165, 1.54) is 0 Å². The standard InChI is InChI=1S/C17H24N2O3/c1-11-15(22-13-7-5-4-6-12(13)21-11)16(20)19-9-8-14(18)17(2,3)10-19/h4-7,11,14-15H,8-10,18H2,1-3H3.